The Balaban J connectivity index is 4.65. The minimum atomic E-state index is -3.38. The highest BCUT2D eigenvalue weighted by Crippen LogP contribution is 2.09. The van der Waals surface area contributed by atoms with E-state index < -0.39 is 22.0 Å². The fraction of sp³-hybridized carbons (Fsp3) is 0.875. The average Bonchev–Trinajstić information content (AvgIpc) is 2.10. The summed E-state index contributed by atoms with van der Waals surface area (Å²) in [5, 5.41) is 0. The molecule has 0 unspecified atom stereocenters. The van der Waals surface area contributed by atoms with Gasteiger partial charge in [0.2, 0.25) is 10.0 Å². The Morgan fingerprint density at radius 2 is 2.00 bits per heavy atom. The predicted octanol–water partition coefficient (Wildman–Crippen LogP) is 0.123. The topological polar surface area (TPSA) is 72.5 Å². The molecule has 0 heterocycles. The van der Waals surface area contributed by atoms with E-state index in [0.29, 0.717) is 6.42 Å². The van der Waals surface area contributed by atoms with Gasteiger partial charge in [0, 0.05) is 0 Å². The van der Waals surface area contributed by atoms with Crippen LogP contribution in [-0.4, -0.2) is 33.8 Å². The van der Waals surface area contributed by atoms with Gasteiger partial charge in [0.05, 0.1) is 13.4 Å². The highest BCUT2D eigenvalue weighted by Gasteiger charge is 2.27. The molecule has 0 radical (unpaired) electrons. The second kappa shape index (κ2) is 5.31. The molecule has 6 heteroatoms. The summed E-state index contributed by atoms with van der Waals surface area (Å²) >= 11 is 0. The van der Waals surface area contributed by atoms with Crippen molar-refractivity contribution in [2.24, 2.45) is 5.92 Å². The molecule has 0 fully saturated rings. The molecule has 0 aromatic rings. The van der Waals surface area contributed by atoms with E-state index in [4.69, 9.17) is 0 Å². The lowest BCUT2D eigenvalue weighted by molar-refractivity contribution is -0.143. The van der Waals surface area contributed by atoms with Gasteiger partial charge in [-0.2, -0.15) is 0 Å². The normalized spacial score (nSPS) is 16.0. The molecule has 2 atom stereocenters. The zero-order chi connectivity index (χ0) is 11.4. The van der Waals surface area contributed by atoms with Crippen LogP contribution >= 0.6 is 0 Å². The minimum absolute atomic E-state index is 0.0859. The first-order valence-corrected chi connectivity index (χ1v) is 6.26. The van der Waals surface area contributed by atoms with Crippen molar-refractivity contribution < 1.29 is 17.9 Å². The van der Waals surface area contributed by atoms with Crippen LogP contribution in [0.1, 0.15) is 20.3 Å². The van der Waals surface area contributed by atoms with Crippen molar-refractivity contribution in [3.05, 3.63) is 0 Å². The molecular weight excluding hydrogens is 206 g/mol. The third-order valence-corrected chi connectivity index (χ3v) is 2.69. The number of esters is 1. The van der Waals surface area contributed by atoms with Crippen molar-refractivity contribution >= 4 is 16.0 Å². The molecule has 5 nitrogen and oxygen atoms in total. The third kappa shape index (κ3) is 4.57. The van der Waals surface area contributed by atoms with E-state index >= 15 is 0 Å². The predicted molar refractivity (Wildman–Crippen MR) is 53.2 cm³/mol. The lowest BCUT2D eigenvalue weighted by Crippen LogP contribution is -2.45. The van der Waals surface area contributed by atoms with Crippen LogP contribution in [0.4, 0.5) is 0 Å². The van der Waals surface area contributed by atoms with Crippen LogP contribution < -0.4 is 4.72 Å². The fourth-order valence-corrected chi connectivity index (χ4v) is 1.78. The number of ether oxygens (including phenoxy) is 1. The van der Waals surface area contributed by atoms with Crippen molar-refractivity contribution in [3.63, 3.8) is 0 Å². The van der Waals surface area contributed by atoms with Crippen molar-refractivity contribution in [1.82, 2.24) is 4.72 Å². The monoisotopic (exact) mass is 223 g/mol. The standard InChI is InChI=1S/C8H17NO4S/c1-5-6(2)7(8(10)13-3)9-14(4,11)12/h6-7,9H,5H2,1-4H3/t6-,7-/m0/s1. The maximum atomic E-state index is 11.2. The van der Waals surface area contributed by atoms with Crippen LogP contribution in [0.5, 0.6) is 0 Å². The highest BCUT2D eigenvalue weighted by molar-refractivity contribution is 7.88. The maximum absolute atomic E-state index is 11.2. The average molecular weight is 223 g/mol. The SMILES string of the molecule is CC[C@H](C)[C@H](NS(C)(=O)=O)C(=O)OC. The number of sulfonamides is 1. The Hall–Kier alpha value is -0.620. The first-order chi connectivity index (χ1) is 6.31. The molecule has 0 amide bonds. The van der Waals surface area contributed by atoms with Crippen LogP contribution in [0.25, 0.3) is 0 Å². The van der Waals surface area contributed by atoms with Crippen molar-refractivity contribution in [1.29, 1.82) is 0 Å². The number of methoxy groups -OCH3 is 1. The van der Waals surface area contributed by atoms with E-state index in [1.165, 1.54) is 7.11 Å². The molecule has 0 spiro atoms. The third-order valence-electron chi connectivity index (χ3n) is 2.01. The molecule has 14 heavy (non-hydrogen) atoms. The summed E-state index contributed by atoms with van der Waals surface area (Å²) in [7, 11) is -2.15. The van der Waals surface area contributed by atoms with E-state index in [2.05, 4.69) is 9.46 Å². The van der Waals surface area contributed by atoms with Gasteiger partial charge in [-0.25, -0.2) is 13.1 Å². The van der Waals surface area contributed by atoms with E-state index in [9.17, 15) is 13.2 Å². The molecule has 0 aromatic carbocycles. The molecule has 84 valence electrons. The quantitative estimate of drug-likeness (QED) is 0.672. The highest BCUT2D eigenvalue weighted by atomic mass is 32.2. The van der Waals surface area contributed by atoms with Gasteiger partial charge in [-0.3, -0.25) is 4.79 Å². The smallest absolute Gasteiger partial charge is 0.324 e. The lowest BCUT2D eigenvalue weighted by Gasteiger charge is -2.20. The van der Waals surface area contributed by atoms with Crippen LogP contribution in [0.2, 0.25) is 0 Å². The molecule has 0 aromatic heterocycles. The summed E-state index contributed by atoms with van der Waals surface area (Å²) in [6.07, 6.45) is 1.72. The van der Waals surface area contributed by atoms with Gasteiger partial charge >= 0.3 is 5.97 Å². The van der Waals surface area contributed by atoms with E-state index in [0.717, 1.165) is 6.26 Å². The van der Waals surface area contributed by atoms with Crippen LogP contribution in [0.3, 0.4) is 0 Å². The van der Waals surface area contributed by atoms with Gasteiger partial charge in [0.15, 0.2) is 0 Å². The van der Waals surface area contributed by atoms with Crippen LogP contribution in [0.15, 0.2) is 0 Å². The van der Waals surface area contributed by atoms with Gasteiger partial charge in [-0.15, -0.1) is 0 Å². The summed E-state index contributed by atoms with van der Waals surface area (Å²) in [4.78, 5) is 11.2. The largest absolute Gasteiger partial charge is 0.468 e. The number of hydrogen-bond acceptors (Lipinski definition) is 4. The summed E-state index contributed by atoms with van der Waals surface area (Å²) < 4.78 is 28.7. The Morgan fingerprint density at radius 3 is 2.29 bits per heavy atom. The van der Waals surface area contributed by atoms with Gasteiger partial charge in [0.25, 0.3) is 0 Å². The van der Waals surface area contributed by atoms with E-state index in [-0.39, 0.29) is 5.92 Å². The first kappa shape index (κ1) is 13.4. The second-order valence-electron chi connectivity index (χ2n) is 3.28. The van der Waals surface area contributed by atoms with Gasteiger partial charge in [-0.05, 0) is 5.92 Å². The number of carbonyl (C=O) groups is 1. The van der Waals surface area contributed by atoms with Crippen molar-refractivity contribution in [2.45, 2.75) is 26.3 Å². The minimum Gasteiger partial charge on any atom is -0.468 e. The molecular formula is C8H17NO4S. The Bertz CT molecular complexity index is 286. The second-order valence-corrected chi connectivity index (χ2v) is 5.06. The molecule has 0 saturated carbocycles. The number of rotatable bonds is 5. The molecule has 0 aliphatic carbocycles. The maximum Gasteiger partial charge on any atom is 0.324 e. The van der Waals surface area contributed by atoms with Crippen LogP contribution in [-0.2, 0) is 19.6 Å². The molecule has 0 saturated heterocycles. The zero-order valence-electron chi connectivity index (χ0n) is 8.90. The summed E-state index contributed by atoms with van der Waals surface area (Å²) in [6.45, 7) is 3.67. The van der Waals surface area contributed by atoms with E-state index in [1.54, 1.807) is 6.92 Å². The fourth-order valence-electron chi connectivity index (χ4n) is 0.990. The molecule has 0 aliphatic rings. The summed E-state index contributed by atoms with van der Waals surface area (Å²) in [6, 6.07) is -0.792. The Morgan fingerprint density at radius 1 is 1.50 bits per heavy atom. The first-order valence-electron chi connectivity index (χ1n) is 4.37. The molecule has 0 rings (SSSR count). The zero-order valence-corrected chi connectivity index (χ0v) is 9.72. The van der Waals surface area contributed by atoms with E-state index in [1.807, 2.05) is 6.92 Å². The van der Waals surface area contributed by atoms with Crippen molar-refractivity contribution in [3.8, 4) is 0 Å². The number of hydrogen-bond donors (Lipinski definition) is 1. The number of carbonyl (C=O) groups excluding carboxylic acids is 1. The van der Waals surface area contributed by atoms with Gasteiger partial charge < -0.3 is 4.74 Å². The lowest BCUT2D eigenvalue weighted by atomic mass is 10.0. The summed E-state index contributed by atoms with van der Waals surface area (Å²) in [5.41, 5.74) is 0. The molecule has 0 bridgehead atoms. The molecule has 1 N–H and O–H groups in total. The van der Waals surface area contributed by atoms with Crippen LogP contribution in [0, 0.1) is 5.92 Å². The van der Waals surface area contributed by atoms with Gasteiger partial charge in [-0.1, -0.05) is 20.3 Å². The van der Waals surface area contributed by atoms with Gasteiger partial charge in [0.1, 0.15) is 6.04 Å². The van der Waals surface area contributed by atoms with Crippen molar-refractivity contribution in [2.75, 3.05) is 13.4 Å². The summed E-state index contributed by atoms with van der Waals surface area (Å²) in [5.74, 6) is -0.637. The molecule has 0 aliphatic heterocycles. The number of nitrogens with one attached hydrogen (secondary N) is 1. The Kier molecular flexibility index (Phi) is 5.07. The Labute approximate surface area is 84.9 Å².